The second-order valence-corrected chi connectivity index (χ2v) is 9.79. The van der Waals surface area contributed by atoms with Gasteiger partial charge >= 0.3 is 12.0 Å². The van der Waals surface area contributed by atoms with E-state index in [2.05, 4.69) is 10.2 Å². The first-order valence-electron chi connectivity index (χ1n) is 12.2. The number of ether oxygens (including phenoxy) is 1. The molecule has 1 saturated heterocycles. The van der Waals surface area contributed by atoms with Gasteiger partial charge in [-0.2, -0.15) is 0 Å². The standard InChI is InChI=1S/C29H30FN3O3/c1-20-3-10-24(11-4-20)31-28(35)33-19-29(25-17-23(30)9-12-26(25)33)13-15-32(16-14-29)18-21-5-7-22(8-6-21)27(34)36-2/h3-12,17H,13-16,18-19H2,1-2H3,(H,31,35). The summed E-state index contributed by atoms with van der Waals surface area (Å²) in [5, 5.41) is 3.00. The quantitative estimate of drug-likeness (QED) is 0.493. The third-order valence-electron chi connectivity index (χ3n) is 7.42. The van der Waals surface area contributed by atoms with Crippen LogP contribution in [-0.2, 0) is 16.7 Å². The van der Waals surface area contributed by atoms with Gasteiger partial charge in [-0.1, -0.05) is 29.8 Å². The monoisotopic (exact) mass is 487 g/mol. The molecule has 2 aliphatic heterocycles. The number of aryl methyl sites for hydroxylation is 1. The summed E-state index contributed by atoms with van der Waals surface area (Å²) >= 11 is 0. The van der Waals surface area contributed by atoms with Gasteiger partial charge in [-0.15, -0.1) is 0 Å². The van der Waals surface area contributed by atoms with Crippen LogP contribution in [0.15, 0.2) is 66.7 Å². The van der Waals surface area contributed by atoms with Gasteiger partial charge < -0.3 is 10.1 Å². The maximum Gasteiger partial charge on any atom is 0.337 e. The van der Waals surface area contributed by atoms with Gasteiger partial charge in [-0.3, -0.25) is 9.80 Å². The van der Waals surface area contributed by atoms with Gasteiger partial charge in [0, 0.05) is 29.9 Å². The van der Waals surface area contributed by atoms with Crippen LogP contribution < -0.4 is 10.2 Å². The summed E-state index contributed by atoms with van der Waals surface area (Å²) in [5.41, 5.74) is 4.95. The number of fused-ring (bicyclic) bond motifs is 2. The van der Waals surface area contributed by atoms with Crippen molar-refractivity contribution in [3.05, 3.63) is 94.8 Å². The molecule has 0 aromatic heterocycles. The van der Waals surface area contributed by atoms with Crippen molar-refractivity contribution in [3.63, 3.8) is 0 Å². The molecule has 1 spiro atoms. The molecule has 0 bridgehead atoms. The SMILES string of the molecule is COC(=O)c1ccc(CN2CCC3(CC2)CN(C(=O)Nc2ccc(C)cc2)c2ccc(F)cc23)cc1. The molecule has 186 valence electrons. The van der Waals surface area contributed by atoms with E-state index in [1.54, 1.807) is 29.2 Å². The van der Waals surface area contributed by atoms with Crippen LogP contribution in [0.1, 0.15) is 39.9 Å². The van der Waals surface area contributed by atoms with Gasteiger partial charge in [-0.25, -0.2) is 14.0 Å². The summed E-state index contributed by atoms with van der Waals surface area (Å²) in [4.78, 5) is 29.1. The van der Waals surface area contributed by atoms with Gasteiger partial charge in [0.15, 0.2) is 0 Å². The van der Waals surface area contributed by atoms with Crippen molar-refractivity contribution < 1.29 is 18.7 Å². The van der Waals surface area contributed by atoms with Crippen molar-refractivity contribution in [3.8, 4) is 0 Å². The Morgan fingerprint density at radius 3 is 2.36 bits per heavy atom. The molecule has 2 amide bonds. The second-order valence-electron chi connectivity index (χ2n) is 9.79. The summed E-state index contributed by atoms with van der Waals surface area (Å²) in [6.07, 6.45) is 1.66. The Hall–Kier alpha value is -3.71. The summed E-state index contributed by atoms with van der Waals surface area (Å²) < 4.78 is 19.1. The second kappa shape index (κ2) is 9.74. The van der Waals surface area contributed by atoms with Crippen molar-refractivity contribution in [2.75, 3.05) is 37.0 Å². The first kappa shape index (κ1) is 24.0. The molecular formula is C29H30FN3O3. The molecule has 2 aliphatic rings. The summed E-state index contributed by atoms with van der Waals surface area (Å²) in [5.74, 6) is -0.619. The van der Waals surface area contributed by atoms with Crippen molar-refractivity contribution in [1.29, 1.82) is 0 Å². The van der Waals surface area contributed by atoms with E-state index in [9.17, 15) is 14.0 Å². The molecule has 2 heterocycles. The highest BCUT2D eigenvalue weighted by atomic mass is 19.1. The first-order valence-corrected chi connectivity index (χ1v) is 12.2. The molecule has 1 fully saturated rings. The predicted molar refractivity (Wildman–Crippen MR) is 138 cm³/mol. The fourth-order valence-electron chi connectivity index (χ4n) is 5.34. The Kier molecular flexibility index (Phi) is 6.49. The van der Waals surface area contributed by atoms with Crippen molar-refractivity contribution in [2.45, 2.75) is 31.7 Å². The highest BCUT2D eigenvalue weighted by Crippen LogP contribution is 2.47. The number of carbonyl (C=O) groups is 2. The zero-order valence-electron chi connectivity index (χ0n) is 20.6. The number of anilines is 2. The first-order chi connectivity index (χ1) is 17.4. The number of nitrogens with one attached hydrogen (secondary N) is 1. The minimum absolute atomic E-state index is 0.197. The third-order valence-corrected chi connectivity index (χ3v) is 7.42. The van der Waals surface area contributed by atoms with Gasteiger partial charge in [0.1, 0.15) is 5.82 Å². The number of piperidine rings is 1. The number of halogens is 1. The van der Waals surface area contributed by atoms with Gasteiger partial charge in [0.2, 0.25) is 0 Å². The highest BCUT2D eigenvalue weighted by molar-refractivity contribution is 6.03. The third kappa shape index (κ3) is 4.71. The predicted octanol–water partition coefficient (Wildman–Crippen LogP) is 5.51. The fourth-order valence-corrected chi connectivity index (χ4v) is 5.34. The average Bonchev–Trinajstić information content (AvgIpc) is 3.20. The molecule has 0 radical (unpaired) electrons. The summed E-state index contributed by atoms with van der Waals surface area (Å²) in [6, 6.07) is 19.7. The van der Waals surface area contributed by atoms with Crippen molar-refractivity contribution >= 4 is 23.4 Å². The number of amides is 2. The van der Waals surface area contributed by atoms with E-state index in [0.717, 1.165) is 60.5 Å². The maximum absolute atomic E-state index is 14.3. The minimum Gasteiger partial charge on any atom is -0.465 e. The lowest BCUT2D eigenvalue weighted by atomic mass is 9.74. The Labute approximate surface area is 210 Å². The number of likely N-dealkylation sites (tertiary alicyclic amines) is 1. The summed E-state index contributed by atoms with van der Waals surface area (Å²) in [7, 11) is 1.38. The van der Waals surface area contributed by atoms with E-state index >= 15 is 0 Å². The lowest BCUT2D eigenvalue weighted by molar-refractivity contribution is 0.0600. The van der Waals surface area contributed by atoms with Crippen LogP contribution >= 0.6 is 0 Å². The smallest absolute Gasteiger partial charge is 0.337 e. The molecule has 6 nitrogen and oxygen atoms in total. The van der Waals surface area contributed by atoms with Gasteiger partial charge in [0.25, 0.3) is 0 Å². The molecule has 1 N–H and O–H groups in total. The van der Waals surface area contributed by atoms with E-state index in [1.807, 2.05) is 43.3 Å². The Morgan fingerprint density at radius 1 is 1.00 bits per heavy atom. The molecular weight excluding hydrogens is 457 g/mol. The lowest BCUT2D eigenvalue weighted by Gasteiger charge is -2.40. The van der Waals surface area contributed by atoms with E-state index in [1.165, 1.54) is 13.2 Å². The number of urea groups is 1. The lowest BCUT2D eigenvalue weighted by Crippen LogP contribution is -2.46. The van der Waals surface area contributed by atoms with E-state index < -0.39 is 0 Å². The topological polar surface area (TPSA) is 61.9 Å². The number of hydrogen-bond acceptors (Lipinski definition) is 4. The molecule has 5 rings (SSSR count). The number of hydrogen-bond donors (Lipinski definition) is 1. The van der Waals surface area contributed by atoms with Crippen LogP contribution in [0, 0.1) is 12.7 Å². The molecule has 0 unspecified atom stereocenters. The average molecular weight is 488 g/mol. The van der Waals surface area contributed by atoms with E-state index in [4.69, 9.17) is 4.74 Å². The van der Waals surface area contributed by atoms with Crippen LogP contribution in [0.3, 0.4) is 0 Å². The van der Waals surface area contributed by atoms with Crippen LogP contribution in [0.25, 0.3) is 0 Å². The summed E-state index contributed by atoms with van der Waals surface area (Å²) in [6.45, 7) is 4.98. The maximum atomic E-state index is 14.3. The van der Waals surface area contributed by atoms with Gasteiger partial charge in [-0.05, 0) is 86.4 Å². The van der Waals surface area contributed by atoms with Crippen LogP contribution in [0.5, 0.6) is 0 Å². The number of methoxy groups -OCH3 is 1. The number of carbonyl (C=O) groups excluding carboxylic acids is 2. The normalized spacial score (nSPS) is 16.6. The number of rotatable bonds is 4. The van der Waals surface area contributed by atoms with Crippen LogP contribution in [0.2, 0.25) is 0 Å². The zero-order chi connectivity index (χ0) is 25.3. The Bertz CT molecular complexity index is 1270. The minimum atomic E-state index is -0.343. The van der Waals surface area contributed by atoms with Crippen molar-refractivity contribution in [2.24, 2.45) is 0 Å². The van der Waals surface area contributed by atoms with Crippen LogP contribution in [-0.4, -0.2) is 43.6 Å². The van der Waals surface area contributed by atoms with Crippen molar-refractivity contribution in [1.82, 2.24) is 4.90 Å². The van der Waals surface area contributed by atoms with Gasteiger partial charge in [0.05, 0.1) is 12.7 Å². The molecule has 36 heavy (non-hydrogen) atoms. The molecule has 0 atom stereocenters. The fraction of sp³-hybridized carbons (Fsp3) is 0.310. The van der Waals surface area contributed by atoms with Crippen LogP contribution in [0.4, 0.5) is 20.6 Å². The zero-order valence-corrected chi connectivity index (χ0v) is 20.6. The molecule has 3 aromatic carbocycles. The number of esters is 1. The highest BCUT2D eigenvalue weighted by Gasteiger charge is 2.46. The number of benzene rings is 3. The van der Waals surface area contributed by atoms with E-state index in [-0.39, 0.29) is 23.2 Å². The van der Waals surface area contributed by atoms with E-state index in [0.29, 0.717) is 12.1 Å². The molecule has 0 aliphatic carbocycles. The Balaban J connectivity index is 1.29. The molecule has 3 aromatic rings. The number of nitrogens with zero attached hydrogens (tertiary/aromatic N) is 2. The molecule has 0 saturated carbocycles. The largest absolute Gasteiger partial charge is 0.465 e. The Morgan fingerprint density at radius 2 is 1.69 bits per heavy atom. The molecule has 7 heteroatoms.